The molecule has 7 heteroatoms. The van der Waals surface area contributed by atoms with Gasteiger partial charge in [-0.2, -0.15) is 0 Å². The minimum Gasteiger partial charge on any atom is -0.374 e. The first-order valence-electron chi connectivity index (χ1n) is 42.0. The van der Waals surface area contributed by atoms with Gasteiger partial charge in [0, 0.05) is 38.6 Å². The van der Waals surface area contributed by atoms with E-state index in [4.69, 9.17) is 0 Å². The van der Waals surface area contributed by atoms with Crippen LogP contribution in [0.3, 0.4) is 0 Å². The first-order chi connectivity index (χ1) is 46.0. The first-order valence-corrected chi connectivity index (χ1v) is 42.0. The Balaban J connectivity index is -0.000000155. The third kappa shape index (κ3) is 91.9. The zero-order valence-electron chi connectivity index (χ0n) is 77.9. The van der Waals surface area contributed by atoms with Gasteiger partial charge in [-0.05, 0) is 257 Å². The van der Waals surface area contributed by atoms with Crippen molar-refractivity contribution in [1.82, 2.24) is 24.5 Å². The van der Waals surface area contributed by atoms with Crippen molar-refractivity contribution in [3.05, 3.63) is 59.7 Å². The minimum absolute atomic E-state index is 0.372. The molecule has 2 aromatic carbocycles. The van der Waals surface area contributed by atoms with Crippen molar-refractivity contribution in [3.8, 4) is 0 Å². The number of nitrogens with zero attached hydrogens (tertiary/aromatic N) is 7. The molecule has 5 fully saturated rings. The highest BCUT2D eigenvalue weighted by Gasteiger charge is 2.32. The van der Waals surface area contributed by atoms with Gasteiger partial charge < -0.3 is 34.3 Å². The van der Waals surface area contributed by atoms with Gasteiger partial charge in [0.05, 0.1) is 0 Å². The van der Waals surface area contributed by atoms with Crippen molar-refractivity contribution in [1.29, 1.82) is 0 Å². The molecular weight excluding hydrogens is 1220 g/mol. The van der Waals surface area contributed by atoms with Crippen molar-refractivity contribution in [3.63, 3.8) is 0 Å². The van der Waals surface area contributed by atoms with Crippen LogP contribution >= 0.6 is 0 Å². The predicted octanol–water partition coefficient (Wildman–Crippen LogP) is 27.9. The fraction of sp³-hybridized carbons (Fsp3) is 0.871. The third-order valence-corrected chi connectivity index (χ3v) is 15.1. The van der Waals surface area contributed by atoms with Crippen LogP contribution < -0.4 is 9.80 Å². The second-order valence-corrected chi connectivity index (χ2v) is 38.2. The molecule has 0 bridgehead atoms. The number of rotatable bonds is 0. The van der Waals surface area contributed by atoms with E-state index in [-0.39, 0.29) is 0 Å². The predicted molar refractivity (Wildman–Crippen MR) is 472 cm³/mol. The maximum absolute atomic E-state index is 2.43. The van der Waals surface area contributed by atoms with Gasteiger partial charge in [-0.1, -0.05) is 311 Å². The number of piperidine rings is 5. The molecule has 7 aliphatic heterocycles. The zero-order valence-corrected chi connectivity index (χ0v) is 77.9. The van der Waals surface area contributed by atoms with Gasteiger partial charge in [0.2, 0.25) is 0 Å². The fourth-order valence-corrected chi connectivity index (χ4v) is 10.4. The zero-order chi connectivity index (χ0) is 80.2. The normalized spacial score (nSPS) is 18.0. The summed E-state index contributed by atoms with van der Waals surface area (Å²) in [7, 11) is 15.4. The molecule has 0 amide bonds. The Labute approximate surface area is 637 Å². The lowest BCUT2D eigenvalue weighted by Crippen LogP contribution is -2.35. The Morgan fingerprint density at radius 2 is 0.490 bits per heavy atom. The minimum atomic E-state index is 0.372. The number of para-hydroxylation sites is 2. The number of anilines is 2. The van der Waals surface area contributed by atoms with E-state index in [1.54, 1.807) is 0 Å². The van der Waals surface area contributed by atoms with Gasteiger partial charge >= 0.3 is 0 Å². The highest BCUT2D eigenvalue weighted by Crippen LogP contribution is 2.44. The smallest absolute Gasteiger partial charge is 0.0399 e. The lowest BCUT2D eigenvalue weighted by Gasteiger charge is -2.39. The molecule has 604 valence electrons. The quantitative estimate of drug-likeness (QED) is 0.259. The van der Waals surface area contributed by atoms with Crippen molar-refractivity contribution in [2.45, 2.75) is 364 Å². The van der Waals surface area contributed by atoms with Crippen LogP contribution in [0.2, 0.25) is 0 Å². The monoisotopic (exact) mass is 1410 g/mol. The van der Waals surface area contributed by atoms with E-state index in [0.29, 0.717) is 43.8 Å². The Kier molecular flexibility index (Phi) is 75.4. The molecule has 0 spiro atoms. The molecule has 9 rings (SSSR count). The summed E-state index contributed by atoms with van der Waals surface area (Å²) in [6.07, 6.45) is 23.7. The summed E-state index contributed by atoms with van der Waals surface area (Å²) < 4.78 is 0. The molecule has 7 aliphatic rings. The molecule has 7 heterocycles. The Bertz CT molecular complexity index is 1760. The summed E-state index contributed by atoms with van der Waals surface area (Å²) in [5.74, 6) is 1.64. The van der Waals surface area contributed by atoms with Gasteiger partial charge in [-0.15, -0.1) is 0 Å². The molecular formula is C93H197N7. The van der Waals surface area contributed by atoms with Crippen LogP contribution in [0.1, 0.15) is 369 Å². The van der Waals surface area contributed by atoms with E-state index in [1.807, 2.05) is 69.2 Å². The van der Waals surface area contributed by atoms with E-state index in [0.717, 1.165) is 5.92 Å². The standard InChI is InChI=1S/C14H21N.C10H13N.C10H21N.4C6H13N.5C5H12.5C2H6/c1-14(2,3)12-9-10-15(4)13-8-6-5-7-11(12)13;1-11-8-4-6-9-5-2-3-7-10(9)11;1-10(2,3)9-5-7-11(4)8-6-9;4*1-7-5-3-2-4-6-7;5*1-5(2,3)4;5*1-2/h5-8,12H,9-10H2,1-4H3;2-3,5,7H,4,6,8H2,1H3;9H,5-8H2,1-4H3;4*2-6H2,1H3;5*1-4H3;5*1-2H3. The van der Waals surface area contributed by atoms with Gasteiger partial charge in [-0.3, -0.25) is 0 Å². The molecule has 7 nitrogen and oxygen atoms in total. The summed E-state index contributed by atoms with van der Waals surface area (Å²) in [6.45, 7) is 93.4. The van der Waals surface area contributed by atoms with Crippen LogP contribution in [0.5, 0.6) is 0 Å². The maximum atomic E-state index is 2.43. The van der Waals surface area contributed by atoms with Gasteiger partial charge in [0.25, 0.3) is 0 Å². The number of benzene rings is 2. The maximum Gasteiger partial charge on any atom is 0.0399 e. The molecule has 1 unspecified atom stereocenters. The van der Waals surface area contributed by atoms with Gasteiger partial charge in [0.1, 0.15) is 0 Å². The molecule has 100 heavy (non-hydrogen) atoms. The second-order valence-electron chi connectivity index (χ2n) is 38.2. The van der Waals surface area contributed by atoms with E-state index in [2.05, 4.69) is 312 Å². The van der Waals surface area contributed by atoms with Gasteiger partial charge in [-0.25, -0.2) is 0 Å². The summed E-state index contributed by atoms with van der Waals surface area (Å²) >= 11 is 0. The third-order valence-electron chi connectivity index (χ3n) is 15.1. The Morgan fingerprint density at radius 1 is 0.250 bits per heavy atom. The van der Waals surface area contributed by atoms with E-state index >= 15 is 0 Å². The van der Waals surface area contributed by atoms with Crippen molar-refractivity contribution < 1.29 is 0 Å². The number of aryl methyl sites for hydroxylation is 1. The first kappa shape index (κ1) is 114. The average Bonchev–Trinajstić information content (AvgIpc) is 0.791. The number of hydrogen-bond acceptors (Lipinski definition) is 7. The Morgan fingerprint density at radius 3 is 0.730 bits per heavy atom. The van der Waals surface area contributed by atoms with Crippen LogP contribution in [-0.2, 0) is 6.42 Å². The SMILES string of the molecule is CC.CC.CC.CC.CC.CC(C)(C)C.CC(C)(C)C.CC(C)(C)C.CC(C)(C)C.CC(C)(C)C.CN1CCC(C(C)(C)C)CC1.CN1CCC(C(C)(C)C)c2ccccc21.CN1CCCCC1.CN1CCCCC1.CN1CCCCC1.CN1CCCCC1.CN1CCCc2ccccc21. The van der Waals surface area contributed by atoms with Crippen LogP contribution in [0.4, 0.5) is 11.4 Å². The summed E-state index contributed by atoms with van der Waals surface area (Å²) in [5, 5.41) is 0. The molecule has 0 aromatic heterocycles. The van der Waals surface area contributed by atoms with Crippen molar-refractivity contribution in [2.24, 2.45) is 43.8 Å². The van der Waals surface area contributed by atoms with Crippen molar-refractivity contribution >= 4 is 11.4 Å². The average molecular weight is 1410 g/mol. The molecule has 0 radical (unpaired) electrons. The largest absolute Gasteiger partial charge is 0.374 e. The van der Waals surface area contributed by atoms with Gasteiger partial charge in [0.15, 0.2) is 0 Å². The summed E-state index contributed by atoms with van der Waals surface area (Å²) in [4.78, 5) is 16.7. The highest BCUT2D eigenvalue weighted by molar-refractivity contribution is 5.57. The van der Waals surface area contributed by atoms with Crippen molar-refractivity contribution in [2.75, 3.05) is 138 Å². The number of likely N-dealkylation sites (tertiary alicyclic amines) is 5. The summed E-state index contributed by atoms with van der Waals surface area (Å²) in [6, 6.07) is 17.5. The summed E-state index contributed by atoms with van der Waals surface area (Å²) in [5.41, 5.74) is 9.26. The molecule has 0 N–H and O–H groups in total. The van der Waals surface area contributed by atoms with Crippen LogP contribution in [0, 0.1) is 43.8 Å². The lowest BCUT2D eigenvalue weighted by molar-refractivity contribution is 0.129. The number of fused-ring (bicyclic) bond motifs is 2. The molecule has 2 aromatic rings. The lowest BCUT2D eigenvalue weighted by atomic mass is 9.72. The van der Waals surface area contributed by atoms with E-state index in [1.165, 1.54) is 210 Å². The van der Waals surface area contributed by atoms with E-state index < -0.39 is 0 Å². The fourth-order valence-electron chi connectivity index (χ4n) is 10.4. The van der Waals surface area contributed by atoms with Crippen LogP contribution in [0.15, 0.2) is 48.5 Å². The molecule has 0 aliphatic carbocycles. The second kappa shape index (κ2) is 66.3. The van der Waals surface area contributed by atoms with E-state index in [9.17, 15) is 0 Å². The van der Waals surface area contributed by atoms with Crippen LogP contribution in [0.25, 0.3) is 0 Å². The Hall–Kier alpha value is -2.16. The number of hydrogen-bond donors (Lipinski definition) is 0. The highest BCUT2D eigenvalue weighted by atomic mass is 15.1. The molecule has 5 saturated heterocycles. The molecule has 0 saturated carbocycles. The molecule has 1 atom stereocenters. The van der Waals surface area contributed by atoms with Crippen LogP contribution in [-0.4, -0.2) is 152 Å². The topological polar surface area (TPSA) is 22.7 Å².